The first kappa shape index (κ1) is 23.7. The number of sulfonamides is 1. The summed E-state index contributed by atoms with van der Waals surface area (Å²) < 4.78 is 34.7. The lowest BCUT2D eigenvalue weighted by atomic mass is 10.2. The first-order valence-corrected chi connectivity index (χ1v) is 12.5. The van der Waals surface area contributed by atoms with Crippen LogP contribution in [-0.2, 0) is 26.6 Å². The van der Waals surface area contributed by atoms with Gasteiger partial charge in [0.05, 0.1) is 23.4 Å². The molecule has 31 heavy (non-hydrogen) atoms. The van der Waals surface area contributed by atoms with E-state index in [2.05, 4.69) is 15.5 Å². The number of aromatic nitrogens is 3. The summed E-state index contributed by atoms with van der Waals surface area (Å²) in [4.78, 5) is 12.9. The second-order valence-electron chi connectivity index (χ2n) is 7.80. The van der Waals surface area contributed by atoms with Crippen LogP contribution < -0.4 is 5.32 Å². The number of nitrogens with zero attached hydrogens (tertiary/aromatic N) is 4. The van der Waals surface area contributed by atoms with Crippen molar-refractivity contribution in [3.05, 3.63) is 29.6 Å². The van der Waals surface area contributed by atoms with Crippen LogP contribution >= 0.6 is 11.8 Å². The van der Waals surface area contributed by atoms with Gasteiger partial charge in [-0.25, -0.2) is 8.42 Å². The molecule has 1 aliphatic rings. The average molecular weight is 468 g/mol. The van der Waals surface area contributed by atoms with Gasteiger partial charge < -0.3 is 14.6 Å². The fraction of sp³-hybridized carbons (Fsp3) is 0.550. The number of hydrogen-bond donors (Lipinski definition) is 1. The number of anilines is 1. The summed E-state index contributed by atoms with van der Waals surface area (Å²) in [6, 6.07) is 4.94. The second kappa shape index (κ2) is 9.68. The quantitative estimate of drug-likeness (QED) is 0.623. The standard InChI is InChI=1S/C20H29N5O4S2/c1-13(2)18-22-23-20(24(18)5)30-15(4)19(26)21-16-7-6-14(3)17(12-16)31(27,28)25-8-10-29-11-9-25/h6-7,12-13,15H,8-11H2,1-5H3,(H,21,26). The number of nitrogens with one attached hydrogen (secondary N) is 1. The van der Waals surface area contributed by atoms with E-state index < -0.39 is 15.3 Å². The van der Waals surface area contributed by atoms with Gasteiger partial charge in [-0.2, -0.15) is 4.31 Å². The van der Waals surface area contributed by atoms with Crippen LogP contribution in [0, 0.1) is 6.92 Å². The summed E-state index contributed by atoms with van der Waals surface area (Å²) in [5.41, 5.74) is 1.07. The highest BCUT2D eigenvalue weighted by Gasteiger charge is 2.28. The smallest absolute Gasteiger partial charge is 0.243 e. The highest BCUT2D eigenvalue weighted by atomic mass is 32.2. The summed E-state index contributed by atoms with van der Waals surface area (Å²) in [5.74, 6) is 0.847. The Balaban J connectivity index is 1.73. The molecule has 0 spiro atoms. The molecule has 9 nitrogen and oxygen atoms in total. The molecule has 1 atom stereocenters. The summed E-state index contributed by atoms with van der Waals surface area (Å²) in [6.45, 7) is 9.00. The van der Waals surface area contributed by atoms with Gasteiger partial charge in [-0.3, -0.25) is 4.79 Å². The Kier molecular flexibility index (Phi) is 7.40. The van der Waals surface area contributed by atoms with E-state index in [1.165, 1.54) is 22.1 Å². The molecule has 0 bridgehead atoms. The highest BCUT2D eigenvalue weighted by Crippen LogP contribution is 2.27. The number of morpholine rings is 1. The van der Waals surface area contributed by atoms with Crippen LogP contribution in [0.5, 0.6) is 0 Å². The molecule has 1 unspecified atom stereocenters. The minimum absolute atomic E-state index is 0.197. The predicted octanol–water partition coefficient (Wildman–Crippen LogP) is 2.39. The van der Waals surface area contributed by atoms with E-state index in [9.17, 15) is 13.2 Å². The van der Waals surface area contributed by atoms with Crippen LogP contribution in [0.1, 0.15) is 38.1 Å². The summed E-state index contributed by atoms with van der Waals surface area (Å²) in [6.07, 6.45) is 0. The molecule has 1 amide bonds. The number of hydrogen-bond acceptors (Lipinski definition) is 7. The third kappa shape index (κ3) is 5.28. The molecule has 0 aliphatic carbocycles. The number of ether oxygens (including phenoxy) is 1. The van der Waals surface area contributed by atoms with Crippen molar-refractivity contribution >= 4 is 33.4 Å². The maximum Gasteiger partial charge on any atom is 0.243 e. The Morgan fingerprint density at radius 1 is 1.19 bits per heavy atom. The third-order valence-electron chi connectivity index (χ3n) is 5.08. The van der Waals surface area contributed by atoms with Crippen molar-refractivity contribution in [3.63, 3.8) is 0 Å². The molecule has 1 aliphatic heterocycles. The molecule has 0 saturated carbocycles. The molecule has 1 saturated heterocycles. The van der Waals surface area contributed by atoms with Crippen molar-refractivity contribution in [3.8, 4) is 0 Å². The van der Waals surface area contributed by atoms with Gasteiger partial charge in [-0.05, 0) is 31.5 Å². The van der Waals surface area contributed by atoms with Gasteiger partial charge in [0.15, 0.2) is 5.16 Å². The van der Waals surface area contributed by atoms with Gasteiger partial charge in [0.25, 0.3) is 0 Å². The van der Waals surface area contributed by atoms with E-state index in [0.717, 1.165) is 5.82 Å². The SMILES string of the molecule is Cc1ccc(NC(=O)C(C)Sc2nnc(C(C)C)n2C)cc1S(=O)(=O)N1CCOCC1. The summed E-state index contributed by atoms with van der Waals surface area (Å²) >= 11 is 1.31. The zero-order valence-electron chi connectivity index (χ0n) is 18.5. The number of thioether (sulfide) groups is 1. The fourth-order valence-electron chi connectivity index (χ4n) is 3.27. The number of carbonyl (C=O) groups excluding carboxylic acids is 1. The van der Waals surface area contributed by atoms with Crippen molar-refractivity contribution < 1.29 is 17.9 Å². The van der Waals surface area contributed by atoms with Crippen molar-refractivity contribution in [2.24, 2.45) is 7.05 Å². The maximum atomic E-state index is 13.1. The monoisotopic (exact) mass is 467 g/mol. The van der Waals surface area contributed by atoms with Crippen LogP contribution in [-0.4, -0.2) is 64.9 Å². The average Bonchev–Trinajstić information content (AvgIpc) is 3.10. The minimum Gasteiger partial charge on any atom is -0.379 e. The predicted molar refractivity (Wildman–Crippen MR) is 120 cm³/mol. The van der Waals surface area contributed by atoms with Crippen molar-refractivity contribution in [2.75, 3.05) is 31.6 Å². The first-order valence-electron chi connectivity index (χ1n) is 10.2. The topological polar surface area (TPSA) is 106 Å². The van der Waals surface area contributed by atoms with Crippen molar-refractivity contribution in [2.45, 2.75) is 48.9 Å². The van der Waals surface area contributed by atoms with Crippen LogP contribution in [0.2, 0.25) is 0 Å². The molecule has 170 valence electrons. The third-order valence-corrected chi connectivity index (χ3v) is 8.25. The molecule has 1 aromatic carbocycles. The van der Waals surface area contributed by atoms with E-state index in [0.29, 0.717) is 42.7 Å². The number of carbonyl (C=O) groups is 1. The molecule has 2 heterocycles. The summed E-state index contributed by atoms with van der Waals surface area (Å²) in [7, 11) is -1.78. The molecule has 3 rings (SSSR count). The Morgan fingerprint density at radius 2 is 1.87 bits per heavy atom. The highest BCUT2D eigenvalue weighted by molar-refractivity contribution is 8.00. The van der Waals surface area contributed by atoms with Gasteiger partial charge in [0.1, 0.15) is 5.82 Å². The summed E-state index contributed by atoms with van der Waals surface area (Å²) in [5, 5.41) is 11.4. The zero-order chi connectivity index (χ0) is 22.8. The first-order chi connectivity index (χ1) is 14.6. The van der Waals surface area contributed by atoms with E-state index in [-0.39, 0.29) is 16.7 Å². The molecular formula is C20H29N5O4S2. The molecule has 11 heteroatoms. The Labute approximate surface area is 187 Å². The normalized spacial score (nSPS) is 16.5. The van der Waals surface area contributed by atoms with Gasteiger partial charge in [0.2, 0.25) is 15.9 Å². The fourth-order valence-corrected chi connectivity index (χ4v) is 5.75. The minimum atomic E-state index is -3.66. The maximum absolute atomic E-state index is 13.1. The lowest BCUT2D eigenvalue weighted by molar-refractivity contribution is -0.115. The van der Waals surface area contributed by atoms with Gasteiger partial charge >= 0.3 is 0 Å². The second-order valence-corrected chi connectivity index (χ2v) is 11.0. The van der Waals surface area contributed by atoms with Gasteiger partial charge in [-0.1, -0.05) is 31.7 Å². The van der Waals surface area contributed by atoms with Crippen LogP contribution in [0.15, 0.2) is 28.3 Å². The van der Waals surface area contributed by atoms with Crippen LogP contribution in [0.25, 0.3) is 0 Å². The number of benzene rings is 1. The number of rotatable bonds is 7. The lowest BCUT2D eigenvalue weighted by Gasteiger charge is -2.27. The van der Waals surface area contributed by atoms with E-state index in [1.54, 1.807) is 26.0 Å². The Hall–Kier alpha value is -1.95. The molecule has 2 aromatic rings. The Bertz CT molecular complexity index is 1050. The number of amides is 1. The molecular weight excluding hydrogens is 438 g/mol. The van der Waals surface area contributed by atoms with Crippen LogP contribution in [0.4, 0.5) is 5.69 Å². The van der Waals surface area contributed by atoms with Crippen molar-refractivity contribution in [1.29, 1.82) is 0 Å². The zero-order valence-corrected chi connectivity index (χ0v) is 20.1. The number of aryl methyl sites for hydroxylation is 1. The van der Waals surface area contributed by atoms with Crippen LogP contribution in [0.3, 0.4) is 0 Å². The Morgan fingerprint density at radius 3 is 2.48 bits per heavy atom. The van der Waals surface area contributed by atoms with Crippen molar-refractivity contribution in [1.82, 2.24) is 19.1 Å². The molecule has 0 radical (unpaired) electrons. The van der Waals surface area contributed by atoms with Gasteiger partial charge in [0, 0.05) is 31.7 Å². The lowest BCUT2D eigenvalue weighted by Crippen LogP contribution is -2.40. The molecule has 1 N–H and O–H groups in total. The van der Waals surface area contributed by atoms with E-state index in [1.807, 2.05) is 25.5 Å². The molecule has 1 aromatic heterocycles. The van der Waals surface area contributed by atoms with E-state index in [4.69, 9.17) is 4.74 Å². The van der Waals surface area contributed by atoms with E-state index >= 15 is 0 Å². The molecule has 1 fully saturated rings. The van der Waals surface area contributed by atoms with Gasteiger partial charge in [-0.15, -0.1) is 10.2 Å². The largest absolute Gasteiger partial charge is 0.379 e.